The zero-order valence-electron chi connectivity index (χ0n) is 9.09. The predicted molar refractivity (Wildman–Crippen MR) is 53.5 cm³/mol. The second-order valence-electron chi connectivity index (χ2n) is 3.03. The van der Waals surface area contributed by atoms with Gasteiger partial charge in [0, 0.05) is 0 Å². The Kier molecular flexibility index (Phi) is 4.08. The number of carbonyl (C=O) groups is 1. The molecule has 0 saturated carbocycles. The number of aromatic hydroxyl groups is 1. The van der Waals surface area contributed by atoms with Crippen LogP contribution in [-0.4, -0.2) is 27.6 Å². The number of nitrogens with zero attached hydrogens (tertiary/aromatic N) is 2. The van der Waals surface area contributed by atoms with Crippen LogP contribution in [0.25, 0.3) is 0 Å². The molecule has 1 aromatic rings. The summed E-state index contributed by atoms with van der Waals surface area (Å²) in [5.41, 5.74) is -3.36. The minimum absolute atomic E-state index is 0.0947. The summed E-state index contributed by atoms with van der Waals surface area (Å²) in [6, 6.07) is 0. The minimum Gasteiger partial charge on any atom is -0.506 e. The molecule has 0 radical (unpaired) electrons. The molecule has 0 aliphatic rings. The Bertz CT molecular complexity index is 492. The van der Waals surface area contributed by atoms with E-state index in [1.54, 1.807) is 0 Å². The summed E-state index contributed by atoms with van der Waals surface area (Å²) in [6.07, 6.45) is -2.78. The molecular weight excluding hydrogens is 254 g/mol. The summed E-state index contributed by atoms with van der Waals surface area (Å²) < 4.78 is 29.7. The van der Waals surface area contributed by atoms with Crippen molar-refractivity contribution in [3.8, 4) is 5.75 Å². The summed E-state index contributed by atoms with van der Waals surface area (Å²) in [4.78, 5) is 24.1. The maximum atomic E-state index is 12.6. The second kappa shape index (κ2) is 5.34. The molecule has 0 bridgehead atoms. The Morgan fingerprint density at radius 1 is 1.67 bits per heavy atom. The van der Waals surface area contributed by atoms with Crippen LogP contribution in [0, 0.1) is 10.1 Å². The molecule has 0 fully saturated rings. The quantitative estimate of drug-likeness (QED) is 0.504. The molecular formula is C9H8F2N2O5. The Morgan fingerprint density at radius 3 is 2.72 bits per heavy atom. The van der Waals surface area contributed by atoms with Crippen LogP contribution in [0.1, 0.15) is 29.4 Å². The van der Waals surface area contributed by atoms with Crippen molar-refractivity contribution in [2.45, 2.75) is 13.3 Å². The molecule has 98 valence electrons. The fourth-order valence-corrected chi connectivity index (χ4v) is 1.25. The highest BCUT2D eigenvalue weighted by Gasteiger charge is 2.34. The van der Waals surface area contributed by atoms with Gasteiger partial charge in [0.2, 0.25) is 5.69 Å². The molecule has 0 saturated heterocycles. The number of halogens is 2. The van der Waals surface area contributed by atoms with Gasteiger partial charge in [-0.3, -0.25) is 10.1 Å². The highest BCUT2D eigenvalue weighted by Crippen LogP contribution is 2.37. The Labute approximate surface area is 99.2 Å². The first kappa shape index (κ1) is 13.7. The summed E-state index contributed by atoms with van der Waals surface area (Å²) in [5, 5.41) is 19.9. The lowest BCUT2D eigenvalue weighted by Crippen LogP contribution is -2.12. The van der Waals surface area contributed by atoms with E-state index in [-0.39, 0.29) is 6.61 Å². The zero-order chi connectivity index (χ0) is 13.9. The Hall–Kier alpha value is -2.32. The summed E-state index contributed by atoms with van der Waals surface area (Å²) in [7, 11) is 0. The van der Waals surface area contributed by atoms with E-state index < -0.39 is 40.0 Å². The maximum Gasteiger partial charge on any atom is 0.364 e. The van der Waals surface area contributed by atoms with Crippen LogP contribution in [0.4, 0.5) is 14.5 Å². The van der Waals surface area contributed by atoms with Crippen molar-refractivity contribution < 1.29 is 28.3 Å². The highest BCUT2D eigenvalue weighted by atomic mass is 19.3. The van der Waals surface area contributed by atoms with Gasteiger partial charge in [-0.1, -0.05) is 0 Å². The second-order valence-corrected chi connectivity index (χ2v) is 3.03. The maximum absolute atomic E-state index is 12.6. The van der Waals surface area contributed by atoms with Crippen LogP contribution in [0.5, 0.6) is 5.75 Å². The lowest BCUT2D eigenvalue weighted by molar-refractivity contribution is -0.387. The smallest absolute Gasteiger partial charge is 0.364 e. The predicted octanol–water partition coefficient (Wildman–Crippen LogP) is 1.81. The Balaban J connectivity index is 3.49. The first-order chi connectivity index (χ1) is 8.40. The lowest BCUT2D eigenvalue weighted by atomic mass is 10.1. The van der Waals surface area contributed by atoms with Crippen molar-refractivity contribution in [1.29, 1.82) is 0 Å². The van der Waals surface area contributed by atoms with E-state index in [9.17, 15) is 23.7 Å². The number of carbonyl (C=O) groups excluding carboxylic acids is 1. The molecule has 0 aromatic carbocycles. The van der Waals surface area contributed by atoms with E-state index in [2.05, 4.69) is 9.72 Å². The number of esters is 1. The molecule has 1 heterocycles. The number of pyridine rings is 1. The number of aromatic nitrogens is 1. The van der Waals surface area contributed by atoms with Gasteiger partial charge in [0.05, 0.1) is 17.7 Å². The summed E-state index contributed by atoms with van der Waals surface area (Å²) in [5.74, 6) is -2.25. The molecule has 7 nitrogen and oxygen atoms in total. The standard InChI is InChI=1S/C9H8F2N2O5/c1-2-18-9(15)6-7(13(16)17)5(8(10)11)4(14)3-12-6/h3,8,14H,2H2,1H3. The summed E-state index contributed by atoms with van der Waals surface area (Å²) in [6.45, 7) is 1.35. The molecule has 0 aliphatic heterocycles. The van der Waals surface area contributed by atoms with Crippen LogP contribution in [-0.2, 0) is 4.74 Å². The topological polar surface area (TPSA) is 103 Å². The van der Waals surface area contributed by atoms with Crippen molar-refractivity contribution >= 4 is 11.7 Å². The number of rotatable bonds is 4. The van der Waals surface area contributed by atoms with Gasteiger partial charge < -0.3 is 9.84 Å². The van der Waals surface area contributed by atoms with Crippen LogP contribution >= 0.6 is 0 Å². The van der Waals surface area contributed by atoms with Crippen molar-refractivity contribution in [2.75, 3.05) is 6.61 Å². The molecule has 9 heteroatoms. The average molecular weight is 262 g/mol. The van der Waals surface area contributed by atoms with Gasteiger partial charge in [-0.05, 0) is 6.92 Å². The molecule has 0 atom stereocenters. The van der Waals surface area contributed by atoms with Crippen LogP contribution < -0.4 is 0 Å². The van der Waals surface area contributed by atoms with Crippen molar-refractivity contribution in [3.63, 3.8) is 0 Å². The van der Waals surface area contributed by atoms with Gasteiger partial charge >= 0.3 is 11.7 Å². The number of nitro groups is 1. The Morgan fingerprint density at radius 2 is 2.28 bits per heavy atom. The largest absolute Gasteiger partial charge is 0.506 e. The molecule has 1 aromatic heterocycles. The third-order valence-corrected chi connectivity index (χ3v) is 1.94. The number of ether oxygens (including phenoxy) is 1. The van der Waals surface area contributed by atoms with Gasteiger partial charge in [0.15, 0.2) is 0 Å². The van der Waals surface area contributed by atoms with Gasteiger partial charge in [-0.25, -0.2) is 18.6 Å². The van der Waals surface area contributed by atoms with E-state index in [4.69, 9.17) is 5.11 Å². The number of alkyl halides is 2. The lowest BCUT2D eigenvalue weighted by Gasteiger charge is -2.07. The zero-order valence-corrected chi connectivity index (χ0v) is 9.09. The van der Waals surface area contributed by atoms with E-state index in [1.807, 2.05) is 0 Å². The van der Waals surface area contributed by atoms with Gasteiger partial charge in [-0.15, -0.1) is 0 Å². The molecule has 0 amide bonds. The van der Waals surface area contributed by atoms with E-state index in [1.165, 1.54) is 6.92 Å². The number of hydrogen-bond donors (Lipinski definition) is 1. The molecule has 1 rings (SSSR count). The van der Waals surface area contributed by atoms with Crippen molar-refractivity contribution in [3.05, 3.63) is 27.6 Å². The monoisotopic (exact) mass is 262 g/mol. The highest BCUT2D eigenvalue weighted by molar-refractivity contribution is 5.92. The van der Waals surface area contributed by atoms with Gasteiger partial charge in [0.1, 0.15) is 11.3 Å². The molecule has 0 spiro atoms. The minimum atomic E-state index is -3.32. The first-order valence-corrected chi connectivity index (χ1v) is 4.71. The third kappa shape index (κ3) is 2.50. The molecule has 1 N–H and O–H groups in total. The fraction of sp³-hybridized carbons (Fsp3) is 0.333. The van der Waals surface area contributed by atoms with Crippen LogP contribution in [0.2, 0.25) is 0 Å². The first-order valence-electron chi connectivity index (χ1n) is 4.71. The normalized spacial score (nSPS) is 10.4. The van der Waals surface area contributed by atoms with Crippen molar-refractivity contribution in [2.24, 2.45) is 0 Å². The third-order valence-electron chi connectivity index (χ3n) is 1.94. The summed E-state index contributed by atoms with van der Waals surface area (Å²) >= 11 is 0. The van der Waals surface area contributed by atoms with Crippen molar-refractivity contribution in [1.82, 2.24) is 4.98 Å². The van der Waals surface area contributed by atoms with E-state index in [0.717, 1.165) is 0 Å². The van der Waals surface area contributed by atoms with Crippen LogP contribution in [0.15, 0.2) is 6.20 Å². The SMILES string of the molecule is CCOC(=O)c1ncc(O)c(C(F)F)c1[N+](=O)[O-]. The van der Waals surface area contributed by atoms with Crippen LogP contribution in [0.3, 0.4) is 0 Å². The van der Waals surface area contributed by atoms with Gasteiger partial charge in [0.25, 0.3) is 6.43 Å². The van der Waals surface area contributed by atoms with E-state index >= 15 is 0 Å². The van der Waals surface area contributed by atoms with Gasteiger partial charge in [-0.2, -0.15) is 0 Å². The number of hydrogen-bond acceptors (Lipinski definition) is 6. The average Bonchev–Trinajstić information content (AvgIpc) is 2.27. The molecule has 0 aliphatic carbocycles. The molecule has 0 unspecified atom stereocenters. The van der Waals surface area contributed by atoms with E-state index in [0.29, 0.717) is 6.20 Å². The molecule has 18 heavy (non-hydrogen) atoms. The fourth-order valence-electron chi connectivity index (χ4n) is 1.25.